The number of rotatable bonds is 5. The van der Waals surface area contributed by atoms with E-state index in [9.17, 15) is 9.59 Å². The van der Waals surface area contributed by atoms with Crippen LogP contribution in [-0.2, 0) is 11.2 Å². The van der Waals surface area contributed by atoms with Crippen LogP contribution in [0.25, 0.3) is 0 Å². The van der Waals surface area contributed by atoms with Crippen molar-refractivity contribution in [2.45, 2.75) is 38.6 Å². The highest BCUT2D eigenvalue weighted by Crippen LogP contribution is 2.22. The van der Waals surface area contributed by atoms with Gasteiger partial charge in [-0.15, -0.1) is 0 Å². The number of amides is 1. The highest BCUT2D eigenvalue weighted by molar-refractivity contribution is 5.96. The van der Waals surface area contributed by atoms with Gasteiger partial charge >= 0.3 is 5.97 Å². The summed E-state index contributed by atoms with van der Waals surface area (Å²) < 4.78 is 0. The van der Waals surface area contributed by atoms with Gasteiger partial charge in [0.25, 0.3) is 5.91 Å². The molecular weight excluding hydrogens is 242 g/mol. The highest BCUT2D eigenvalue weighted by atomic mass is 16.4. The van der Waals surface area contributed by atoms with Crippen molar-refractivity contribution < 1.29 is 14.7 Å². The van der Waals surface area contributed by atoms with Gasteiger partial charge in [-0.1, -0.05) is 18.2 Å². The third-order valence-electron chi connectivity index (χ3n) is 3.68. The molecule has 0 fully saturated rings. The molecule has 4 heteroatoms. The first-order valence-corrected chi connectivity index (χ1v) is 6.70. The van der Waals surface area contributed by atoms with Crippen LogP contribution < -0.4 is 0 Å². The van der Waals surface area contributed by atoms with Gasteiger partial charge in [0.2, 0.25) is 0 Å². The fraction of sp³-hybridized carbons (Fsp3) is 0.467. The molecule has 0 radical (unpaired) electrons. The largest absolute Gasteiger partial charge is 0.481 e. The van der Waals surface area contributed by atoms with Crippen molar-refractivity contribution in [2.75, 3.05) is 6.54 Å². The second-order valence-corrected chi connectivity index (χ2v) is 5.04. The molecular formula is C15H19NO3. The lowest BCUT2D eigenvalue weighted by molar-refractivity contribution is -0.137. The first-order valence-electron chi connectivity index (χ1n) is 6.70. The maximum atomic E-state index is 12.4. The van der Waals surface area contributed by atoms with E-state index in [1.54, 1.807) is 0 Å². The third-order valence-corrected chi connectivity index (χ3v) is 3.68. The van der Waals surface area contributed by atoms with Crippen LogP contribution >= 0.6 is 0 Å². The molecule has 1 unspecified atom stereocenters. The quantitative estimate of drug-likeness (QED) is 0.885. The Kier molecular flexibility index (Phi) is 4.20. The van der Waals surface area contributed by atoms with Crippen LogP contribution in [0.2, 0.25) is 0 Å². The van der Waals surface area contributed by atoms with Gasteiger partial charge in [0.05, 0.1) is 0 Å². The zero-order valence-electron chi connectivity index (χ0n) is 11.1. The molecule has 1 heterocycles. The lowest BCUT2D eigenvalue weighted by Gasteiger charge is -2.33. The van der Waals surface area contributed by atoms with Crippen molar-refractivity contribution in [1.82, 2.24) is 4.90 Å². The molecule has 1 aliphatic rings. The number of carboxylic acids is 1. The third kappa shape index (κ3) is 3.13. The molecule has 0 saturated heterocycles. The maximum Gasteiger partial charge on any atom is 0.303 e. The van der Waals surface area contributed by atoms with Crippen LogP contribution in [0.4, 0.5) is 0 Å². The molecule has 1 aromatic rings. The maximum absolute atomic E-state index is 12.4. The van der Waals surface area contributed by atoms with Crippen molar-refractivity contribution in [2.24, 2.45) is 0 Å². The Bertz CT molecular complexity index is 484. The minimum Gasteiger partial charge on any atom is -0.481 e. The summed E-state index contributed by atoms with van der Waals surface area (Å²) >= 11 is 0. The zero-order valence-corrected chi connectivity index (χ0v) is 11.1. The molecule has 0 aromatic heterocycles. The predicted octanol–water partition coefficient (Wildman–Crippen LogP) is 2.33. The number of nitrogens with zero attached hydrogens (tertiary/aromatic N) is 1. The molecule has 1 atom stereocenters. The van der Waals surface area contributed by atoms with Gasteiger partial charge in [0.1, 0.15) is 0 Å². The SMILES string of the molecule is CC(CCCC(=O)O)N1CCc2ccccc2C1=O. The fourth-order valence-corrected chi connectivity index (χ4v) is 2.57. The number of hydrogen-bond acceptors (Lipinski definition) is 2. The molecule has 1 amide bonds. The lowest BCUT2D eigenvalue weighted by atomic mass is 9.97. The average Bonchev–Trinajstić information content (AvgIpc) is 2.39. The van der Waals surface area contributed by atoms with Crippen LogP contribution in [0.1, 0.15) is 42.1 Å². The van der Waals surface area contributed by atoms with Crippen LogP contribution in [0.3, 0.4) is 0 Å². The minimum atomic E-state index is -0.775. The Hall–Kier alpha value is -1.84. The molecule has 4 nitrogen and oxygen atoms in total. The minimum absolute atomic E-state index is 0.0738. The van der Waals surface area contributed by atoms with E-state index >= 15 is 0 Å². The predicted molar refractivity (Wildman–Crippen MR) is 72.1 cm³/mol. The van der Waals surface area contributed by atoms with E-state index in [0.29, 0.717) is 6.42 Å². The van der Waals surface area contributed by atoms with Gasteiger partial charge in [0, 0.05) is 24.6 Å². The molecule has 2 rings (SSSR count). The summed E-state index contributed by atoms with van der Waals surface area (Å²) in [6, 6.07) is 7.81. The monoisotopic (exact) mass is 261 g/mol. The van der Waals surface area contributed by atoms with Crippen molar-refractivity contribution >= 4 is 11.9 Å². The molecule has 0 saturated carbocycles. The van der Waals surface area contributed by atoms with Crippen molar-refractivity contribution in [3.8, 4) is 0 Å². The number of fused-ring (bicyclic) bond motifs is 1. The average molecular weight is 261 g/mol. The van der Waals surface area contributed by atoms with Gasteiger partial charge in [-0.3, -0.25) is 9.59 Å². The molecule has 1 aliphatic heterocycles. The highest BCUT2D eigenvalue weighted by Gasteiger charge is 2.27. The molecule has 1 N–H and O–H groups in total. The van der Waals surface area contributed by atoms with Gasteiger partial charge in [0.15, 0.2) is 0 Å². The summed E-state index contributed by atoms with van der Waals surface area (Å²) in [4.78, 5) is 24.7. The lowest BCUT2D eigenvalue weighted by Crippen LogP contribution is -2.43. The van der Waals surface area contributed by atoms with Gasteiger partial charge in [-0.2, -0.15) is 0 Å². The number of carbonyl (C=O) groups is 2. The molecule has 0 aliphatic carbocycles. The first-order chi connectivity index (χ1) is 9.09. The molecule has 0 bridgehead atoms. The Morgan fingerprint density at radius 3 is 2.89 bits per heavy atom. The standard InChI is InChI=1S/C15H19NO3/c1-11(5-4-8-14(17)18)16-10-9-12-6-2-3-7-13(12)15(16)19/h2-3,6-7,11H,4-5,8-10H2,1H3,(H,17,18). The summed E-state index contributed by atoms with van der Waals surface area (Å²) in [5, 5.41) is 8.64. The Morgan fingerprint density at radius 1 is 1.42 bits per heavy atom. The van der Waals surface area contributed by atoms with E-state index in [1.165, 1.54) is 0 Å². The fourth-order valence-electron chi connectivity index (χ4n) is 2.57. The van der Waals surface area contributed by atoms with E-state index in [4.69, 9.17) is 5.11 Å². The topological polar surface area (TPSA) is 57.6 Å². The van der Waals surface area contributed by atoms with Gasteiger partial charge in [-0.25, -0.2) is 0 Å². The summed E-state index contributed by atoms with van der Waals surface area (Å²) in [5.41, 5.74) is 1.90. The van der Waals surface area contributed by atoms with Crippen LogP contribution in [0.5, 0.6) is 0 Å². The zero-order chi connectivity index (χ0) is 13.8. The molecule has 102 valence electrons. The van der Waals surface area contributed by atoms with E-state index < -0.39 is 5.97 Å². The number of aliphatic carboxylic acids is 1. The van der Waals surface area contributed by atoms with Crippen molar-refractivity contribution in [3.05, 3.63) is 35.4 Å². The van der Waals surface area contributed by atoms with E-state index in [1.807, 2.05) is 36.1 Å². The molecule has 0 spiro atoms. The van der Waals surface area contributed by atoms with E-state index in [0.717, 1.165) is 30.5 Å². The van der Waals surface area contributed by atoms with Crippen LogP contribution in [0.15, 0.2) is 24.3 Å². The number of carboxylic acid groups (broad SMARTS) is 1. The second kappa shape index (κ2) is 5.87. The summed E-state index contributed by atoms with van der Waals surface area (Å²) in [6.07, 6.45) is 2.40. The van der Waals surface area contributed by atoms with Gasteiger partial charge in [-0.05, 0) is 37.8 Å². The van der Waals surface area contributed by atoms with Crippen molar-refractivity contribution in [1.29, 1.82) is 0 Å². The Labute approximate surface area is 113 Å². The second-order valence-electron chi connectivity index (χ2n) is 5.04. The van der Waals surface area contributed by atoms with Gasteiger partial charge < -0.3 is 10.0 Å². The normalized spacial score (nSPS) is 16.1. The summed E-state index contributed by atoms with van der Waals surface area (Å²) in [6.45, 7) is 2.72. The van der Waals surface area contributed by atoms with Crippen LogP contribution in [-0.4, -0.2) is 34.5 Å². The first kappa shape index (κ1) is 13.6. The number of hydrogen-bond donors (Lipinski definition) is 1. The Morgan fingerprint density at radius 2 is 2.16 bits per heavy atom. The van der Waals surface area contributed by atoms with E-state index in [-0.39, 0.29) is 18.4 Å². The summed E-state index contributed by atoms with van der Waals surface area (Å²) in [5.74, 6) is -0.702. The Balaban J connectivity index is 1.99. The molecule has 19 heavy (non-hydrogen) atoms. The number of benzene rings is 1. The smallest absolute Gasteiger partial charge is 0.303 e. The summed E-state index contributed by atoms with van der Waals surface area (Å²) in [7, 11) is 0. The van der Waals surface area contributed by atoms with Crippen molar-refractivity contribution in [3.63, 3.8) is 0 Å². The van der Waals surface area contributed by atoms with Crippen LogP contribution in [0, 0.1) is 0 Å². The number of carbonyl (C=O) groups excluding carboxylic acids is 1. The van der Waals surface area contributed by atoms with E-state index in [2.05, 4.69) is 0 Å². The molecule has 1 aromatic carbocycles.